The Morgan fingerprint density at radius 1 is 1.30 bits per heavy atom. The molecule has 0 aliphatic heterocycles. The molecule has 0 saturated heterocycles. The van der Waals surface area contributed by atoms with Crippen LogP contribution in [0.4, 0.5) is 11.5 Å². The number of anilines is 2. The molecule has 3 aromatic heterocycles. The van der Waals surface area contributed by atoms with Gasteiger partial charge in [0, 0.05) is 29.2 Å². The van der Waals surface area contributed by atoms with Crippen molar-refractivity contribution in [1.29, 1.82) is 0 Å². The molecule has 8 heteroatoms. The number of nitrogens with zero attached hydrogens (tertiary/aromatic N) is 4. The molecule has 1 atom stereocenters. The number of fused-ring (bicyclic) bond motifs is 1. The molecule has 1 fully saturated rings. The van der Waals surface area contributed by atoms with Crippen LogP contribution in [-0.4, -0.2) is 19.7 Å². The summed E-state index contributed by atoms with van der Waals surface area (Å²) in [6.07, 6.45) is 3.59. The highest BCUT2D eigenvalue weighted by Gasteiger charge is 2.30. The molecule has 3 N–H and O–H groups in total. The fourth-order valence-electron chi connectivity index (χ4n) is 4.17. The van der Waals surface area contributed by atoms with Gasteiger partial charge < -0.3 is 20.1 Å². The third-order valence-corrected chi connectivity index (χ3v) is 5.80. The van der Waals surface area contributed by atoms with Crippen LogP contribution in [0.3, 0.4) is 0 Å². The molecule has 0 amide bonds. The van der Waals surface area contributed by atoms with Crippen molar-refractivity contribution < 1.29 is 4.52 Å². The summed E-state index contributed by atoms with van der Waals surface area (Å²) >= 11 is 0. The van der Waals surface area contributed by atoms with Gasteiger partial charge in [0.1, 0.15) is 11.4 Å². The normalized spacial score (nSPS) is 14.0. The highest BCUT2D eigenvalue weighted by molar-refractivity contribution is 5.88. The van der Waals surface area contributed by atoms with Crippen molar-refractivity contribution in [3.63, 3.8) is 0 Å². The molecule has 5 rings (SSSR count). The second-order valence-electron chi connectivity index (χ2n) is 8.26. The monoisotopic (exact) mass is 440 g/mol. The SMILES string of the molecule is CC#Cc1cccc2cc([C@H](C)Nc3nccc(N)c3-c3nc(C)no3)n(C3CC3)c(=O)c12. The highest BCUT2D eigenvalue weighted by atomic mass is 16.5. The van der Waals surface area contributed by atoms with E-state index in [1.807, 2.05) is 29.7 Å². The summed E-state index contributed by atoms with van der Waals surface area (Å²) in [4.78, 5) is 22.4. The molecule has 166 valence electrons. The van der Waals surface area contributed by atoms with E-state index < -0.39 is 0 Å². The lowest BCUT2D eigenvalue weighted by molar-refractivity contribution is 0.426. The predicted octanol–water partition coefficient (Wildman–Crippen LogP) is 4.22. The Morgan fingerprint density at radius 3 is 2.82 bits per heavy atom. The van der Waals surface area contributed by atoms with Crippen molar-refractivity contribution in [2.24, 2.45) is 0 Å². The lowest BCUT2D eigenvalue weighted by Crippen LogP contribution is -2.27. The Morgan fingerprint density at radius 2 is 2.12 bits per heavy atom. The lowest BCUT2D eigenvalue weighted by atomic mass is 10.0. The zero-order valence-electron chi connectivity index (χ0n) is 18.7. The third kappa shape index (κ3) is 3.72. The number of aromatic nitrogens is 4. The molecule has 1 aliphatic carbocycles. The first kappa shape index (κ1) is 20.8. The predicted molar refractivity (Wildman–Crippen MR) is 128 cm³/mol. The Balaban J connectivity index is 1.63. The van der Waals surface area contributed by atoms with E-state index in [0.717, 1.165) is 29.5 Å². The smallest absolute Gasteiger partial charge is 0.263 e. The van der Waals surface area contributed by atoms with E-state index >= 15 is 0 Å². The number of rotatable bonds is 5. The van der Waals surface area contributed by atoms with Gasteiger partial charge in [0.2, 0.25) is 0 Å². The first-order chi connectivity index (χ1) is 16.0. The van der Waals surface area contributed by atoms with Crippen molar-refractivity contribution in [3.05, 3.63) is 64.0 Å². The number of nitrogen functional groups attached to an aromatic ring is 1. The summed E-state index contributed by atoms with van der Waals surface area (Å²) in [5, 5.41) is 8.83. The summed E-state index contributed by atoms with van der Waals surface area (Å²) in [6.45, 7) is 5.53. The Labute approximate surface area is 190 Å². The first-order valence-corrected chi connectivity index (χ1v) is 10.9. The standard InChI is InChI=1S/C25H24N6O2/c1-4-6-16-7-5-8-17-13-20(31(18-9-10-18)25(32)21(16)17)14(2)28-23-22(19(26)11-12-27-23)24-29-15(3)30-33-24/h5,7-8,11-14,18H,9-10H2,1-3H3,(H3,26,27,28)/t14-/m0/s1. The van der Waals surface area contributed by atoms with Gasteiger partial charge in [0.25, 0.3) is 11.4 Å². The van der Waals surface area contributed by atoms with Crippen molar-refractivity contribution in [3.8, 4) is 23.3 Å². The molecule has 1 aromatic carbocycles. The van der Waals surface area contributed by atoms with E-state index in [-0.39, 0.29) is 17.6 Å². The fraction of sp³-hybridized carbons (Fsp3) is 0.280. The summed E-state index contributed by atoms with van der Waals surface area (Å²) in [7, 11) is 0. The number of nitrogens with one attached hydrogen (secondary N) is 1. The van der Waals surface area contributed by atoms with Crippen LogP contribution in [0.15, 0.2) is 45.8 Å². The molecule has 0 radical (unpaired) electrons. The minimum Gasteiger partial charge on any atom is -0.398 e. The number of pyridine rings is 2. The number of nitrogens with two attached hydrogens (primary N) is 1. The number of aryl methyl sites for hydroxylation is 1. The quantitative estimate of drug-likeness (QED) is 0.447. The van der Waals surface area contributed by atoms with E-state index in [1.54, 1.807) is 26.1 Å². The van der Waals surface area contributed by atoms with E-state index in [2.05, 4.69) is 38.3 Å². The number of hydrogen-bond donors (Lipinski definition) is 2. The number of hydrogen-bond acceptors (Lipinski definition) is 7. The van der Waals surface area contributed by atoms with Gasteiger partial charge in [-0.2, -0.15) is 4.98 Å². The average Bonchev–Trinajstić information content (AvgIpc) is 3.54. The Kier molecular flexibility index (Phi) is 5.09. The van der Waals surface area contributed by atoms with Crippen LogP contribution in [-0.2, 0) is 0 Å². The number of benzene rings is 1. The van der Waals surface area contributed by atoms with Gasteiger partial charge in [-0.15, -0.1) is 5.92 Å². The summed E-state index contributed by atoms with van der Waals surface area (Å²) in [6, 6.07) is 9.49. The van der Waals surface area contributed by atoms with Crippen LogP contribution in [0, 0.1) is 18.8 Å². The van der Waals surface area contributed by atoms with Gasteiger partial charge in [-0.05, 0) is 57.2 Å². The van der Waals surface area contributed by atoms with Gasteiger partial charge in [-0.3, -0.25) is 4.79 Å². The lowest BCUT2D eigenvalue weighted by Gasteiger charge is -2.22. The molecule has 4 aromatic rings. The van der Waals surface area contributed by atoms with Crippen molar-refractivity contribution in [2.75, 3.05) is 11.1 Å². The maximum atomic E-state index is 13.6. The molecule has 1 aliphatic rings. The molecule has 0 spiro atoms. The van der Waals surface area contributed by atoms with Gasteiger partial charge in [-0.1, -0.05) is 23.2 Å². The van der Waals surface area contributed by atoms with E-state index in [0.29, 0.717) is 34.2 Å². The Hall–Kier alpha value is -4.12. The van der Waals surface area contributed by atoms with E-state index in [4.69, 9.17) is 10.3 Å². The fourth-order valence-corrected chi connectivity index (χ4v) is 4.17. The summed E-state index contributed by atoms with van der Waals surface area (Å²) in [5.41, 5.74) is 8.89. The maximum Gasteiger partial charge on any atom is 0.263 e. The molecule has 0 unspecified atom stereocenters. The molecular weight excluding hydrogens is 416 g/mol. The first-order valence-electron chi connectivity index (χ1n) is 10.9. The van der Waals surface area contributed by atoms with Crippen LogP contribution in [0.2, 0.25) is 0 Å². The summed E-state index contributed by atoms with van der Waals surface area (Å²) in [5.74, 6) is 7.32. The van der Waals surface area contributed by atoms with Crippen LogP contribution in [0.1, 0.15) is 55.9 Å². The minimum atomic E-state index is -0.235. The van der Waals surface area contributed by atoms with Gasteiger partial charge in [0.05, 0.1) is 11.4 Å². The average molecular weight is 441 g/mol. The van der Waals surface area contributed by atoms with Crippen LogP contribution >= 0.6 is 0 Å². The van der Waals surface area contributed by atoms with E-state index in [1.165, 1.54) is 0 Å². The van der Waals surface area contributed by atoms with Gasteiger partial charge in [0.15, 0.2) is 5.82 Å². The Bertz CT molecular complexity index is 1490. The molecule has 8 nitrogen and oxygen atoms in total. The van der Waals surface area contributed by atoms with Gasteiger partial charge >= 0.3 is 0 Å². The zero-order chi connectivity index (χ0) is 23.1. The molecule has 1 saturated carbocycles. The molecule has 33 heavy (non-hydrogen) atoms. The third-order valence-electron chi connectivity index (χ3n) is 5.80. The molecular formula is C25H24N6O2. The largest absolute Gasteiger partial charge is 0.398 e. The van der Waals surface area contributed by atoms with Crippen molar-refractivity contribution in [1.82, 2.24) is 19.7 Å². The highest BCUT2D eigenvalue weighted by Crippen LogP contribution is 2.38. The molecule has 3 heterocycles. The maximum absolute atomic E-state index is 13.6. The van der Waals surface area contributed by atoms with E-state index in [9.17, 15) is 4.79 Å². The van der Waals surface area contributed by atoms with Crippen LogP contribution in [0.5, 0.6) is 0 Å². The zero-order valence-corrected chi connectivity index (χ0v) is 18.7. The summed E-state index contributed by atoms with van der Waals surface area (Å²) < 4.78 is 7.26. The van der Waals surface area contributed by atoms with Crippen molar-refractivity contribution in [2.45, 2.75) is 45.7 Å². The molecule has 0 bridgehead atoms. The second-order valence-corrected chi connectivity index (χ2v) is 8.26. The van der Waals surface area contributed by atoms with Crippen molar-refractivity contribution >= 4 is 22.3 Å². The minimum absolute atomic E-state index is 0.00900. The van der Waals surface area contributed by atoms with Gasteiger partial charge in [-0.25, -0.2) is 4.98 Å². The second kappa shape index (κ2) is 8.10. The topological polar surface area (TPSA) is 112 Å². The van der Waals surface area contributed by atoms with Crippen LogP contribution in [0.25, 0.3) is 22.2 Å². The van der Waals surface area contributed by atoms with Crippen LogP contribution < -0.4 is 16.6 Å².